The van der Waals surface area contributed by atoms with Gasteiger partial charge in [-0.1, -0.05) is 20.8 Å². The summed E-state index contributed by atoms with van der Waals surface area (Å²) in [6.07, 6.45) is 0.842. The largest absolute Gasteiger partial charge is 0.494 e. The average molecular weight is 293 g/mol. The minimum absolute atomic E-state index is 0.0530. The maximum absolute atomic E-state index is 12.1. The standard InChI is InChI=1S/C16H23NO4/c1-4-9-21-13-7-5-12(6-8-13)16(20)17-14(11(2)3)10-15(18)19/h5-8,11,14H,4,9-10H2,1-3H3,(H,17,20)(H,18,19). The number of hydrogen-bond donors (Lipinski definition) is 2. The highest BCUT2D eigenvalue weighted by molar-refractivity contribution is 5.94. The van der Waals surface area contributed by atoms with Gasteiger partial charge in [-0.25, -0.2) is 0 Å². The average Bonchev–Trinajstić information content (AvgIpc) is 2.44. The lowest BCUT2D eigenvalue weighted by Crippen LogP contribution is -2.40. The minimum Gasteiger partial charge on any atom is -0.494 e. The minimum atomic E-state index is -0.919. The van der Waals surface area contributed by atoms with E-state index < -0.39 is 5.97 Å². The zero-order valence-corrected chi connectivity index (χ0v) is 12.8. The van der Waals surface area contributed by atoms with Gasteiger partial charge in [0.15, 0.2) is 0 Å². The zero-order chi connectivity index (χ0) is 15.8. The summed E-state index contributed by atoms with van der Waals surface area (Å²) in [5.74, 6) is -0.411. The Balaban J connectivity index is 2.67. The first-order valence-electron chi connectivity index (χ1n) is 7.19. The van der Waals surface area contributed by atoms with E-state index in [1.807, 2.05) is 20.8 Å². The summed E-state index contributed by atoms with van der Waals surface area (Å²) in [4.78, 5) is 22.9. The Hall–Kier alpha value is -2.04. The van der Waals surface area contributed by atoms with Gasteiger partial charge in [-0.15, -0.1) is 0 Å². The van der Waals surface area contributed by atoms with Crippen molar-refractivity contribution in [2.45, 2.75) is 39.7 Å². The molecule has 0 aliphatic rings. The van der Waals surface area contributed by atoms with Crippen LogP contribution in [0, 0.1) is 5.92 Å². The highest BCUT2D eigenvalue weighted by atomic mass is 16.5. The van der Waals surface area contributed by atoms with E-state index in [0.29, 0.717) is 12.2 Å². The molecular formula is C16H23NO4. The number of ether oxygens (including phenoxy) is 1. The monoisotopic (exact) mass is 293 g/mol. The molecule has 116 valence electrons. The van der Waals surface area contributed by atoms with Crippen LogP contribution in [-0.2, 0) is 4.79 Å². The second-order valence-corrected chi connectivity index (χ2v) is 5.29. The highest BCUT2D eigenvalue weighted by Crippen LogP contribution is 2.14. The van der Waals surface area contributed by atoms with E-state index in [9.17, 15) is 9.59 Å². The van der Waals surface area contributed by atoms with Gasteiger partial charge in [0.25, 0.3) is 5.91 Å². The van der Waals surface area contributed by atoms with Crippen LogP contribution in [-0.4, -0.2) is 29.6 Å². The van der Waals surface area contributed by atoms with E-state index >= 15 is 0 Å². The summed E-state index contributed by atoms with van der Waals surface area (Å²) >= 11 is 0. The van der Waals surface area contributed by atoms with Gasteiger partial charge < -0.3 is 15.2 Å². The molecule has 1 aromatic carbocycles. The molecule has 0 saturated carbocycles. The van der Waals surface area contributed by atoms with Crippen molar-refractivity contribution in [2.75, 3.05) is 6.61 Å². The van der Waals surface area contributed by atoms with Gasteiger partial charge in [0, 0.05) is 11.6 Å². The third-order valence-electron chi connectivity index (χ3n) is 3.11. The number of benzene rings is 1. The quantitative estimate of drug-likeness (QED) is 0.772. The first-order chi connectivity index (χ1) is 9.93. The number of carbonyl (C=O) groups excluding carboxylic acids is 1. The van der Waals surface area contributed by atoms with Crippen molar-refractivity contribution in [3.05, 3.63) is 29.8 Å². The predicted octanol–water partition coefficient (Wildman–Crippen LogP) is 2.70. The van der Waals surface area contributed by atoms with Gasteiger partial charge in [-0.2, -0.15) is 0 Å². The Bertz CT molecular complexity index is 468. The Labute approximate surface area is 125 Å². The molecule has 1 unspecified atom stereocenters. The third-order valence-corrected chi connectivity index (χ3v) is 3.11. The second kappa shape index (κ2) is 8.29. The van der Waals surface area contributed by atoms with Crippen LogP contribution < -0.4 is 10.1 Å². The summed E-state index contributed by atoms with van der Waals surface area (Å²) in [5, 5.41) is 11.6. The number of carboxylic acid groups (broad SMARTS) is 1. The number of carbonyl (C=O) groups is 2. The second-order valence-electron chi connectivity index (χ2n) is 5.29. The van der Waals surface area contributed by atoms with Crippen molar-refractivity contribution in [1.29, 1.82) is 0 Å². The molecule has 1 amide bonds. The van der Waals surface area contributed by atoms with Gasteiger partial charge in [0.05, 0.1) is 13.0 Å². The molecule has 1 rings (SSSR count). The molecule has 2 N–H and O–H groups in total. The van der Waals surface area contributed by atoms with Crippen LogP contribution in [0.3, 0.4) is 0 Å². The van der Waals surface area contributed by atoms with Gasteiger partial charge in [0.2, 0.25) is 0 Å². The van der Waals surface area contributed by atoms with Crippen LogP contribution in [0.2, 0.25) is 0 Å². The first-order valence-corrected chi connectivity index (χ1v) is 7.19. The number of nitrogens with one attached hydrogen (secondary N) is 1. The molecule has 0 aliphatic carbocycles. The molecule has 0 radical (unpaired) electrons. The molecular weight excluding hydrogens is 270 g/mol. The number of carboxylic acids is 1. The van der Waals surface area contributed by atoms with E-state index in [-0.39, 0.29) is 24.3 Å². The smallest absolute Gasteiger partial charge is 0.305 e. The van der Waals surface area contributed by atoms with Gasteiger partial charge in [0.1, 0.15) is 5.75 Å². The molecule has 0 aromatic heterocycles. The summed E-state index contributed by atoms with van der Waals surface area (Å²) in [6.45, 7) is 6.43. The fourth-order valence-corrected chi connectivity index (χ4v) is 1.82. The molecule has 0 bridgehead atoms. The SMILES string of the molecule is CCCOc1ccc(C(=O)NC(CC(=O)O)C(C)C)cc1. The van der Waals surface area contributed by atoms with Crippen LogP contribution in [0.15, 0.2) is 24.3 Å². The summed E-state index contributed by atoms with van der Waals surface area (Å²) in [6, 6.07) is 6.46. The van der Waals surface area contributed by atoms with Crippen molar-refractivity contribution in [2.24, 2.45) is 5.92 Å². The van der Waals surface area contributed by atoms with Crippen molar-refractivity contribution in [1.82, 2.24) is 5.32 Å². The maximum Gasteiger partial charge on any atom is 0.305 e. The predicted molar refractivity (Wildman–Crippen MR) is 80.6 cm³/mol. The molecule has 1 atom stereocenters. The fraction of sp³-hybridized carbons (Fsp3) is 0.500. The Morgan fingerprint density at radius 1 is 1.24 bits per heavy atom. The zero-order valence-electron chi connectivity index (χ0n) is 12.8. The molecule has 21 heavy (non-hydrogen) atoms. The topological polar surface area (TPSA) is 75.6 Å². The molecule has 0 spiro atoms. The molecule has 0 fully saturated rings. The molecule has 0 heterocycles. The van der Waals surface area contributed by atoms with E-state index in [1.54, 1.807) is 24.3 Å². The van der Waals surface area contributed by atoms with E-state index in [2.05, 4.69) is 5.32 Å². The molecule has 5 heteroatoms. The van der Waals surface area contributed by atoms with Crippen molar-refractivity contribution < 1.29 is 19.4 Å². The van der Waals surface area contributed by atoms with Crippen LogP contribution in [0.25, 0.3) is 0 Å². The summed E-state index contributed by atoms with van der Waals surface area (Å²) in [7, 11) is 0. The first kappa shape index (κ1) is 17.0. The van der Waals surface area contributed by atoms with Crippen molar-refractivity contribution in [3.63, 3.8) is 0 Å². The maximum atomic E-state index is 12.1. The number of hydrogen-bond acceptors (Lipinski definition) is 3. The number of rotatable bonds is 8. The van der Waals surface area contributed by atoms with Crippen LogP contribution in [0.5, 0.6) is 5.75 Å². The number of amides is 1. The third kappa shape index (κ3) is 5.85. The lowest BCUT2D eigenvalue weighted by molar-refractivity contribution is -0.137. The summed E-state index contributed by atoms with van der Waals surface area (Å²) in [5.41, 5.74) is 0.495. The molecule has 5 nitrogen and oxygen atoms in total. The van der Waals surface area contributed by atoms with Crippen molar-refractivity contribution in [3.8, 4) is 5.75 Å². The normalized spacial score (nSPS) is 12.0. The fourth-order valence-electron chi connectivity index (χ4n) is 1.82. The van der Waals surface area contributed by atoms with Gasteiger partial charge in [-0.05, 0) is 36.6 Å². The molecule has 0 saturated heterocycles. The lowest BCUT2D eigenvalue weighted by Gasteiger charge is -2.20. The van der Waals surface area contributed by atoms with Crippen LogP contribution in [0.1, 0.15) is 44.0 Å². The lowest BCUT2D eigenvalue weighted by atomic mass is 10.0. The molecule has 0 aliphatic heterocycles. The van der Waals surface area contributed by atoms with E-state index in [0.717, 1.165) is 12.2 Å². The Kier molecular flexibility index (Phi) is 6.72. The Morgan fingerprint density at radius 2 is 1.86 bits per heavy atom. The van der Waals surface area contributed by atoms with Gasteiger partial charge in [-0.3, -0.25) is 9.59 Å². The van der Waals surface area contributed by atoms with Crippen LogP contribution >= 0.6 is 0 Å². The van der Waals surface area contributed by atoms with E-state index in [1.165, 1.54) is 0 Å². The van der Waals surface area contributed by atoms with Crippen LogP contribution in [0.4, 0.5) is 0 Å². The van der Waals surface area contributed by atoms with Crippen molar-refractivity contribution >= 4 is 11.9 Å². The highest BCUT2D eigenvalue weighted by Gasteiger charge is 2.20. The molecule has 1 aromatic rings. The summed E-state index contributed by atoms with van der Waals surface area (Å²) < 4.78 is 5.45. The van der Waals surface area contributed by atoms with Gasteiger partial charge >= 0.3 is 5.97 Å². The number of aliphatic carboxylic acids is 1. The Morgan fingerprint density at radius 3 is 2.33 bits per heavy atom. The van der Waals surface area contributed by atoms with E-state index in [4.69, 9.17) is 9.84 Å².